The summed E-state index contributed by atoms with van der Waals surface area (Å²) in [7, 11) is 2.08. The Bertz CT molecular complexity index is 1410. The van der Waals surface area contributed by atoms with Crippen LogP contribution < -0.4 is 10.1 Å². The van der Waals surface area contributed by atoms with Gasteiger partial charge in [0.15, 0.2) is 5.82 Å². The summed E-state index contributed by atoms with van der Waals surface area (Å²) in [5, 5.41) is 12.8. The molecule has 9 nitrogen and oxygen atoms in total. The number of nitrogens with one attached hydrogen (secondary N) is 1. The summed E-state index contributed by atoms with van der Waals surface area (Å²) in [4.78, 5) is 13.3. The van der Waals surface area contributed by atoms with Gasteiger partial charge in [-0.25, -0.2) is 9.97 Å². The molecule has 0 saturated carbocycles. The Balaban J connectivity index is 1.19. The molecule has 0 atom stereocenters. The Morgan fingerprint density at radius 1 is 1.03 bits per heavy atom. The van der Waals surface area contributed by atoms with Gasteiger partial charge in [-0.2, -0.15) is 0 Å². The van der Waals surface area contributed by atoms with Crippen LogP contribution in [0.4, 0.5) is 11.5 Å². The summed E-state index contributed by atoms with van der Waals surface area (Å²) in [5.74, 6) is 1.99. The highest BCUT2D eigenvalue weighted by atomic mass is 35.5. The maximum atomic E-state index is 8.92. The van der Waals surface area contributed by atoms with Crippen LogP contribution >= 0.6 is 11.6 Å². The maximum Gasteiger partial charge on any atom is 0.158 e. The number of anilines is 2. The molecule has 1 aliphatic heterocycles. The van der Waals surface area contributed by atoms with Gasteiger partial charge in [-0.05, 0) is 54.8 Å². The summed E-state index contributed by atoms with van der Waals surface area (Å²) < 4.78 is 13.5. The molecule has 39 heavy (non-hydrogen) atoms. The molecule has 1 aliphatic rings. The van der Waals surface area contributed by atoms with Crippen molar-refractivity contribution in [3.63, 3.8) is 0 Å². The Morgan fingerprint density at radius 2 is 1.90 bits per heavy atom. The van der Waals surface area contributed by atoms with E-state index in [4.69, 9.17) is 26.2 Å². The van der Waals surface area contributed by atoms with Crippen LogP contribution in [0.15, 0.2) is 73.5 Å². The van der Waals surface area contributed by atoms with Gasteiger partial charge >= 0.3 is 0 Å². The molecule has 4 aromatic rings. The third kappa shape index (κ3) is 7.00. The number of aliphatic hydroxyl groups is 1. The molecular formula is C29H33ClN6O3. The average molecular weight is 549 g/mol. The predicted molar refractivity (Wildman–Crippen MR) is 153 cm³/mol. The number of benzene rings is 2. The minimum absolute atomic E-state index is 0.00354. The molecule has 0 bridgehead atoms. The first-order valence-electron chi connectivity index (χ1n) is 13.0. The second kappa shape index (κ2) is 12.8. The van der Waals surface area contributed by atoms with Gasteiger partial charge in [0.1, 0.15) is 23.3 Å². The van der Waals surface area contributed by atoms with E-state index in [0.717, 1.165) is 48.5 Å². The summed E-state index contributed by atoms with van der Waals surface area (Å²) in [5.41, 5.74) is 3.76. The van der Waals surface area contributed by atoms with E-state index in [0.29, 0.717) is 36.3 Å². The van der Waals surface area contributed by atoms with Crippen molar-refractivity contribution in [3.8, 4) is 11.5 Å². The standard InChI is InChI=1S/C29H33ClN6O3/c1-34-13-14-35(21-34)11-2-3-22-4-7-24(8-5-22)39-27-9-6-23(19-25(27)30)33-29-28-26(31-20-32-29)10-12-36(28)15-17-38-18-16-37/h4-10,12-14,19-20,37H,2-3,11,15-18,21H2,1H3,(H,31,32,33). The second-order valence-corrected chi connectivity index (χ2v) is 9.84. The van der Waals surface area contributed by atoms with Gasteiger partial charge in [-0.1, -0.05) is 23.7 Å². The summed E-state index contributed by atoms with van der Waals surface area (Å²) >= 11 is 6.59. The van der Waals surface area contributed by atoms with Crippen LogP contribution in [0.2, 0.25) is 5.02 Å². The highest BCUT2D eigenvalue weighted by Gasteiger charge is 2.12. The fraction of sp³-hybridized carbons (Fsp3) is 0.310. The Labute approximate surface area is 233 Å². The molecule has 2 N–H and O–H groups in total. The molecule has 0 radical (unpaired) electrons. The number of hydrogen-bond acceptors (Lipinski definition) is 8. The first-order valence-corrected chi connectivity index (χ1v) is 13.4. The molecular weight excluding hydrogens is 516 g/mol. The number of nitrogens with zero attached hydrogens (tertiary/aromatic N) is 5. The predicted octanol–water partition coefficient (Wildman–Crippen LogP) is 5.24. The summed E-state index contributed by atoms with van der Waals surface area (Å²) in [6.07, 6.45) is 9.84. The van der Waals surface area contributed by atoms with E-state index < -0.39 is 0 Å². The van der Waals surface area contributed by atoms with E-state index in [1.54, 1.807) is 0 Å². The Hall–Kier alpha value is -3.79. The number of aryl methyl sites for hydroxylation is 1. The van der Waals surface area contributed by atoms with Crippen molar-refractivity contribution in [2.45, 2.75) is 19.4 Å². The van der Waals surface area contributed by atoms with Gasteiger partial charge in [-0.3, -0.25) is 0 Å². The number of aliphatic hydroxyl groups excluding tert-OH is 1. The zero-order valence-electron chi connectivity index (χ0n) is 22.0. The molecule has 2 aromatic heterocycles. The van der Waals surface area contributed by atoms with Crippen molar-refractivity contribution >= 4 is 34.1 Å². The van der Waals surface area contributed by atoms with Gasteiger partial charge in [0.05, 0.1) is 37.0 Å². The van der Waals surface area contributed by atoms with Gasteiger partial charge in [0.25, 0.3) is 0 Å². The third-order valence-corrected chi connectivity index (χ3v) is 6.75. The highest BCUT2D eigenvalue weighted by molar-refractivity contribution is 6.32. The lowest BCUT2D eigenvalue weighted by atomic mass is 10.1. The van der Waals surface area contributed by atoms with Crippen molar-refractivity contribution in [2.24, 2.45) is 0 Å². The molecule has 2 aromatic carbocycles. The van der Waals surface area contributed by atoms with Crippen molar-refractivity contribution in [3.05, 3.63) is 84.0 Å². The smallest absolute Gasteiger partial charge is 0.158 e. The van der Waals surface area contributed by atoms with Gasteiger partial charge < -0.3 is 34.3 Å². The molecule has 0 saturated heterocycles. The largest absolute Gasteiger partial charge is 0.456 e. The average Bonchev–Trinajstić information content (AvgIpc) is 3.55. The van der Waals surface area contributed by atoms with E-state index in [1.807, 2.05) is 47.2 Å². The zero-order valence-corrected chi connectivity index (χ0v) is 22.7. The van der Waals surface area contributed by atoms with Crippen LogP contribution in [-0.4, -0.2) is 69.5 Å². The van der Waals surface area contributed by atoms with Gasteiger partial charge in [0, 0.05) is 44.4 Å². The maximum absolute atomic E-state index is 8.92. The topological polar surface area (TPSA) is 87.9 Å². The van der Waals surface area contributed by atoms with Crippen molar-refractivity contribution in [2.75, 3.05) is 45.4 Å². The van der Waals surface area contributed by atoms with E-state index >= 15 is 0 Å². The second-order valence-electron chi connectivity index (χ2n) is 9.43. The fourth-order valence-corrected chi connectivity index (χ4v) is 4.73. The van der Waals surface area contributed by atoms with E-state index in [9.17, 15) is 0 Å². The summed E-state index contributed by atoms with van der Waals surface area (Å²) in [6, 6.07) is 15.7. The van der Waals surface area contributed by atoms with Crippen LogP contribution in [0.5, 0.6) is 11.5 Å². The molecule has 0 spiro atoms. The fourth-order valence-electron chi connectivity index (χ4n) is 4.51. The van der Waals surface area contributed by atoms with Crippen molar-refractivity contribution in [1.82, 2.24) is 24.3 Å². The minimum atomic E-state index is 0.00354. The van der Waals surface area contributed by atoms with Crippen LogP contribution in [0.3, 0.4) is 0 Å². The monoisotopic (exact) mass is 548 g/mol. The Morgan fingerprint density at radius 3 is 2.67 bits per heavy atom. The molecule has 204 valence electrons. The number of halogens is 1. The van der Waals surface area contributed by atoms with Crippen molar-refractivity contribution in [1.29, 1.82) is 0 Å². The van der Waals surface area contributed by atoms with E-state index in [-0.39, 0.29) is 6.61 Å². The molecule has 0 fully saturated rings. The van der Waals surface area contributed by atoms with Crippen LogP contribution in [-0.2, 0) is 17.7 Å². The third-order valence-electron chi connectivity index (χ3n) is 6.46. The molecule has 5 rings (SSSR count). The SMILES string of the molecule is CN1C=CN(CCCc2ccc(Oc3ccc(Nc4ncnc5ccn(CCOCCO)c45)cc3Cl)cc2)C1. The molecule has 3 heterocycles. The number of ether oxygens (including phenoxy) is 2. The quantitative estimate of drug-likeness (QED) is 0.219. The lowest BCUT2D eigenvalue weighted by molar-refractivity contribution is 0.0875. The zero-order chi connectivity index (χ0) is 27.0. The van der Waals surface area contributed by atoms with Crippen molar-refractivity contribution < 1.29 is 14.6 Å². The van der Waals surface area contributed by atoms with Crippen LogP contribution in [0.1, 0.15) is 12.0 Å². The number of aromatic nitrogens is 3. The lowest BCUT2D eigenvalue weighted by Gasteiger charge is -2.17. The molecule has 0 amide bonds. The minimum Gasteiger partial charge on any atom is -0.456 e. The van der Waals surface area contributed by atoms with Gasteiger partial charge in [0.2, 0.25) is 0 Å². The van der Waals surface area contributed by atoms with Crippen LogP contribution in [0, 0.1) is 0 Å². The number of hydrogen-bond donors (Lipinski definition) is 2. The number of rotatable bonds is 13. The Kier molecular flexibility index (Phi) is 8.82. The normalized spacial score (nSPS) is 13.0. The molecule has 0 unspecified atom stereocenters. The van der Waals surface area contributed by atoms with Gasteiger partial charge in [-0.15, -0.1) is 0 Å². The first-order chi connectivity index (χ1) is 19.1. The molecule has 10 heteroatoms. The first kappa shape index (κ1) is 26.8. The highest BCUT2D eigenvalue weighted by Crippen LogP contribution is 2.33. The molecule has 0 aliphatic carbocycles. The van der Waals surface area contributed by atoms with E-state index in [2.05, 4.69) is 56.7 Å². The summed E-state index contributed by atoms with van der Waals surface area (Å²) in [6.45, 7) is 3.41. The lowest BCUT2D eigenvalue weighted by Crippen LogP contribution is -2.23. The van der Waals surface area contributed by atoms with E-state index in [1.165, 1.54) is 11.9 Å². The number of fused-ring (bicyclic) bond motifs is 1. The van der Waals surface area contributed by atoms with Crippen LogP contribution in [0.25, 0.3) is 11.0 Å².